The largest absolute Gasteiger partial charge is 0.383 e. The summed E-state index contributed by atoms with van der Waals surface area (Å²) in [5.41, 5.74) is -0.930. The van der Waals surface area contributed by atoms with E-state index in [1.165, 1.54) is 0 Å². The topological polar surface area (TPSA) is 87.4 Å². The van der Waals surface area contributed by atoms with Crippen molar-refractivity contribution in [1.29, 1.82) is 0 Å². The van der Waals surface area contributed by atoms with Crippen LogP contribution in [0.5, 0.6) is 0 Å². The maximum absolute atomic E-state index is 10.6. The summed E-state index contributed by atoms with van der Waals surface area (Å²) < 4.78 is 2.15. The van der Waals surface area contributed by atoms with E-state index in [1.807, 2.05) is 24.4 Å². The van der Waals surface area contributed by atoms with Gasteiger partial charge in [-0.15, -0.1) is 45.5 Å². The molecule has 3 N–H and O–H groups in total. The molecule has 0 amide bonds. The number of fused-ring (bicyclic) bond motifs is 1. The molecule has 0 aliphatic carbocycles. The molecular formula is C16H25IN6OS. The van der Waals surface area contributed by atoms with E-state index in [0.29, 0.717) is 19.0 Å². The SMILES string of the molecule is CCNC(=NCc1nnc2n1CCC2)NCC(C)(O)c1cccs1.I. The van der Waals surface area contributed by atoms with Crippen molar-refractivity contribution in [3.63, 3.8) is 0 Å². The van der Waals surface area contributed by atoms with Crippen molar-refractivity contribution in [3.8, 4) is 0 Å². The summed E-state index contributed by atoms with van der Waals surface area (Å²) in [4.78, 5) is 5.51. The van der Waals surface area contributed by atoms with Crippen LogP contribution in [0.2, 0.25) is 0 Å². The summed E-state index contributed by atoms with van der Waals surface area (Å²) in [6.45, 7) is 6.42. The Morgan fingerprint density at radius 2 is 2.28 bits per heavy atom. The van der Waals surface area contributed by atoms with Gasteiger partial charge in [0.1, 0.15) is 18.0 Å². The number of aliphatic hydroxyl groups is 1. The summed E-state index contributed by atoms with van der Waals surface area (Å²) in [6.07, 6.45) is 2.13. The molecule has 0 radical (unpaired) electrons. The first-order valence-electron chi connectivity index (χ1n) is 8.29. The normalized spacial score (nSPS) is 16.0. The third kappa shape index (κ3) is 4.91. The van der Waals surface area contributed by atoms with Crippen LogP contribution in [0.3, 0.4) is 0 Å². The van der Waals surface area contributed by atoms with Gasteiger partial charge < -0.3 is 20.3 Å². The molecule has 25 heavy (non-hydrogen) atoms. The van der Waals surface area contributed by atoms with Gasteiger partial charge in [-0.05, 0) is 31.7 Å². The summed E-state index contributed by atoms with van der Waals surface area (Å²) in [5, 5.41) is 27.4. The molecule has 0 aromatic carbocycles. The monoisotopic (exact) mass is 476 g/mol. The number of halogens is 1. The van der Waals surface area contributed by atoms with E-state index in [1.54, 1.807) is 18.3 Å². The average Bonchev–Trinajstić information content (AvgIpc) is 3.28. The van der Waals surface area contributed by atoms with Crippen LogP contribution in [0.25, 0.3) is 0 Å². The molecule has 0 saturated carbocycles. The molecule has 0 fully saturated rings. The maximum atomic E-state index is 10.6. The van der Waals surface area contributed by atoms with E-state index < -0.39 is 5.60 Å². The van der Waals surface area contributed by atoms with Crippen LogP contribution in [0.4, 0.5) is 0 Å². The van der Waals surface area contributed by atoms with E-state index in [2.05, 4.69) is 30.4 Å². The van der Waals surface area contributed by atoms with Gasteiger partial charge in [-0.2, -0.15) is 0 Å². The minimum Gasteiger partial charge on any atom is -0.383 e. The van der Waals surface area contributed by atoms with Crippen LogP contribution in [0.15, 0.2) is 22.5 Å². The van der Waals surface area contributed by atoms with Crippen molar-refractivity contribution in [3.05, 3.63) is 34.0 Å². The lowest BCUT2D eigenvalue weighted by molar-refractivity contribution is 0.0655. The molecule has 1 aliphatic rings. The molecule has 0 bridgehead atoms. The highest BCUT2D eigenvalue weighted by molar-refractivity contribution is 14.0. The van der Waals surface area contributed by atoms with Crippen LogP contribution < -0.4 is 10.6 Å². The Bertz CT molecular complexity index is 698. The molecule has 0 spiro atoms. The first-order chi connectivity index (χ1) is 11.6. The van der Waals surface area contributed by atoms with E-state index in [0.717, 1.165) is 42.5 Å². The van der Waals surface area contributed by atoms with Gasteiger partial charge in [-0.1, -0.05) is 6.07 Å². The lowest BCUT2D eigenvalue weighted by atomic mass is 10.1. The Labute approximate surface area is 169 Å². The minimum atomic E-state index is -0.930. The second kappa shape index (κ2) is 8.95. The fourth-order valence-electron chi connectivity index (χ4n) is 2.75. The van der Waals surface area contributed by atoms with Crippen molar-refractivity contribution >= 4 is 41.3 Å². The highest BCUT2D eigenvalue weighted by atomic mass is 127. The van der Waals surface area contributed by atoms with Crippen molar-refractivity contribution in [1.82, 2.24) is 25.4 Å². The van der Waals surface area contributed by atoms with Crippen LogP contribution in [-0.2, 0) is 25.1 Å². The van der Waals surface area contributed by atoms with Gasteiger partial charge in [0.2, 0.25) is 0 Å². The van der Waals surface area contributed by atoms with Gasteiger partial charge in [-0.25, -0.2) is 4.99 Å². The fourth-order valence-corrected chi connectivity index (χ4v) is 3.53. The lowest BCUT2D eigenvalue weighted by Gasteiger charge is -2.23. The van der Waals surface area contributed by atoms with Gasteiger partial charge in [0.15, 0.2) is 11.8 Å². The van der Waals surface area contributed by atoms with E-state index in [-0.39, 0.29) is 24.0 Å². The van der Waals surface area contributed by atoms with Crippen molar-refractivity contribution in [2.24, 2.45) is 4.99 Å². The Morgan fingerprint density at radius 1 is 1.44 bits per heavy atom. The third-order valence-electron chi connectivity index (χ3n) is 4.06. The standard InChI is InChI=1S/C16H24N6OS.HI/c1-3-17-15(19-11-16(2,23)12-6-5-9-24-12)18-10-14-21-20-13-7-4-8-22(13)14;/h5-6,9,23H,3-4,7-8,10-11H2,1-2H3,(H2,17,18,19);1H. The van der Waals surface area contributed by atoms with Crippen LogP contribution >= 0.6 is 35.3 Å². The van der Waals surface area contributed by atoms with Crippen LogP contribution in [0, 0.1) is 0 Å². The summed E-state index contributed by atoms with van der Waals surface area (Å²) in [5.74, 6) is 2.62. The quantitative estimate of drug-likeness (QED) is 0.337. The average molecular weight is 476 g/mol. The van der Waals surface area contributed by atoms with E-state index >= 15 is 0 Å². The smallest absolute Gasteiger partial charge is 0.191 e. The van der Waals surface area contributed by atoms with Crippen LogP contribution in [0.1, 0.15) is 36.8 Å². The molecule has 2 aromatic rings. The second-order valence-electron chi connectivity index (χ2n) is 6.09. The number of thiophene rings is 1. The van der Waals surface area contributed by atoms with Gasteiger partial charge in [0.05, 0.1) is 6.54 Å². The predicted molar refractivity (Wildman–Crippen MR) is 110 cm³/mol. The van der Waals surface area contributed by atoms with E-state index in [9.17, 15) is 5.11 Å². The van der Waals surface area contributed by atoms with Crippen molar-refractivity contribution < 1.29 is 5.11 Å². The van der Waals surface area contributed by atoms with E-state index in [4.69, 9.17) is 0 Å². The maximum Gasteiger partial charge on any atom is 0.191 e. The van der Waals surface area contributed by atoms with Gasteiger partial charge in [-0.3, -0.25) is 0 Å². The zero-order chi connectivity index (χ0) is 17.0. The first-order valence-corrected chi connectivity index (χ1v) is 9.17. The molecule has 9 heteroatoms. The molecule has 2 aromatic heterocycles. The second-order valence-corrected chi connectivity index (χ2v) is 7.04. The summed E-state index contributed by atoms with van der Waals surface area (Å²) in [7, 11) is 0. The number of aromatic nitrogens is 3. The van der Waals surface area contributed by atoms with Gasteiger partial charge in [0, 0.05) is 24.4 Å². The molecule has 1 unspecified atom stereocenters. The van der Waals surface area contributed by atoms with Gasteiger partial charge >= 0.3 is 0 Å². The zero-order valence-electron chi connectivity index (χ0n) is 14.5. The highest BCUT2D eigenvalue weighted by Gasteiger charge is 2.24. The Balaban J connectivity index is 0.00000225. The molecule has 3 rings (SSSR count). The molecule has 0 saturated heterocycles. The number of aryl methyl sites for hydroxylation is 1. The number of nitrogens with one attached hydrogen (secondary N) is 2. The lowest BCUT2D eigenvalue weighted by Crippen LogP contribution is -2.44. The number of hydrogen-bond acceptors (Lipinski definition) is 5. The molecule has 1 aliphatic heterocycles. The molecule has 1 atom stereocenters. The molecular weight excluding hydrogens is 451 g/mol. The number of rotatable bonds is 6. The molecule has 138 valence electrons. The third-order valence-corrected chi connectivity index (χ3v) is 5.18. The van der Waals surface area contributed by atoms with Gasteiger partial charge in [0.25, 0.3) is 0 Å². The van der Waals surface area contributed by atoms with Crippen molar-refractivity contribution in [2.45, 2.75) is 45.4 Å². The fraction of sp³-hybridized carbons (Fsp3) is 0.562. The number of nitrogens with zero attached hydrogens (tertiary/aromatic N) is 4. The minimum absolute atomic E-state index is 0. The Kier molecular flexibility index (Phi) is 7.20. The van der Waals surface area contributed by atoms with Crippen molar-refractivity contribution in [2.75, 3.05) is 13.1 Å². The molecule has 7 nitrogen and oxygen atoms in total. The Morgan fingerprint density at radius 3 is 3.00 bits per heavy atom. The number of aliphatic imine (C=N–C) groups is 1. The summed E-state index contributed by atoms with van der Waals surface area (Å²) in [6, 6.07) is 3.88. The zero-order valence-corrected chi connectivity index (χ0v) is 17.7. The molecule has 3 heterocycles. The number of guanidine groups is 1. The first kappa shape index (κ1) is 20.1. The Hall–Kier alpha value is -1.20. The number of hydrogen-bond donors (Lipinski definition) is 3. The predicted octanol–water partition coefficient (Wildman–Crippen LogP) is 1.87. The van der Waals surface area contributed by atoms with Crippen LogP contribution in [-0.4, -0.2) is 38.9 Å². The highest BCUT2D eigenvalue weighted by Crippen LogP contribution is 2.24. The summed E-state index contributed by atoms with van der Waals surface area (Å²) >= 11 is 1.55.